The topological polar surface area (TPSA) is 68.4 Å². The van der Waals surface area contributed by atoms with Gasteiger partial charge in [0.2, 0.25) is 5.89 Å². The van der Waals surface area contributed by atoms with Crippen LogP contribution in [0.15, 0.2) is 4.52 Å². The number of methoxy groups -OCH3 is 1. The third-order valence-corrected chi connectivity index (χ3v) is 2.30. The fourth-order valence-electron chi connectivity index (χ4n) is 1.09. The van der Waals surface area contributed by atoms with E-state index in [0.29, 0.717) is 24.6 Å². The molecule has 15 heavy (non-hydrogen) atoms. The summed E-state index contributed by atoms with van der Waals surface area (Å²) < 4.78 is 10.3. The molecule has 0 bridgehead atoms. The quantitative estimate of drug-likeness (QED) is 0.804. The van der Waals surface area contributed by atoms with Gasteiger partial charge in [0.15, 0.2) is 5.82 Å². The summed E-state index contributed by atoms with van der Waals surface area (Å²) in [5.41, 5.74) is -0.332. The Morgan fingerprint density at radius 3 is 2.73 bits per heavy atom. The van der Waals surface area contributed by atoms with Gasteiger partial charge >= 0.3 is 0 Å². The van der Waals surface area contributed by atoms with Crippen molar-refractivity contribution in [2.75, 3.05) is 7.11 Å². The number of hydrogen-bond acceptors (Lipinski definition) is 5. The molecular formula is C10H18N2O3. The maximum Gasteiger partial charge on any atom is 0.229 e. The number of hydrogen-bond donors (Lipinski definition) is 1. The van der Waals surface area contributed by atoms with Crippen LogP contribution in [0.5, 0.6) is 0 Å². The van der Waals surface area contributed by atoms with Gasteiger partial charge in [-0.2, -0.15) is 4.98 Å². The molecule has 1 N–H and O–H groups in total. The number of rotatable bonds is 5. The van der Waals surface area contributed by atoms with Gasteiger partial charge in [-0.3, -0.25) is 0 Å². The number of nitrogens with zero attached hydrogens (tertiary/aromatic N) is 2. The van der Waals surface area contributed by atoms with E-state index in [4.69, 9.17) is 9.26 Å². The lowest BCUT2D eigenvalue weighted by molar-refractivity contribution is 0.0170. The molecule has 0 aliphatic rings. The molecule has 0 aliphatic heterocycles. The maximum atomic E-state index is 9.48. The highest BCUT2D eigenvalue weighted by atomic mass is 16.5. The van der Waals surface area contributed by atoms with Crippen molar-refractivity contribution in [1.82, 2.24) is 10.1 Å². The monoisotopic (exact) mass is 214 g/mol. The van der Waals surface area contributed by atoms with E-state index in [0.717, 1.165) is 0 Å². The Hall–Kier alpha value is -0.940. The molecule has 0 spiro atoms. The third kappa shape index (κ3) is 3.28. The molecule has 0 fully saturated rings. The summed E-state index contributed by atoms with van der Waals surface area (Å²) in [6, 6.07) is 0. The molecule has 1 aromatic rings. The van der Waals surface area contributed by atoms with E-state index in [2.05, 4.69) is 10.1 Å². The molecule has 0 amide bonds. The zero-order chi connectivity index (χ0) is 11.5. The van der Waals surface area contributed by atoms with E-state index >= 15 is 0 Å². The first-order valence-electron chi connectivity index (χ1n) is 5.04. The van der Waals surface area contributed by atoms with Crippen molar-refractivity contribution in [3.05, 3.63) is 11.7 Å². The highest BCUT2D eigenvalue weighted by Crippen LogP contribution is 2.17. The molecule has 1 rings (SSSR count). The van der Waals surface area contributed by atoms with Gasteiger partial charge in [-0.15, -0.1) is 0 Å². The van der Waals surface area contributed by atoms with E-state index < -0.39 is 6.10 Å². The van der Waals surface area contributed by atoms with E-state index in [1.54, 1.807) is 7.11 Å². The van der Waals surface area contributed by atoms with Gasteiger partial charge in [0, 0.05) is 7.11 Å². The second-order valence-electron chi connectivity index (χ2n) is 4.11. The van der Waals surface area contributed by atoms with E-state index in [1.807, 2.05) is 20.8 Å². The fraction of sp³-hybridized carbons (Fsp3) is 0.800. The molecule has 5 nitrogen and oxygen atoms in total. The molecule has 0 aliphatic carbocycles. The van der Waals surface area contributed by atoms with Gasteiger partial charge < -0.3 is 14.4 Å². The summed E-state index contributed by atoms with van der Waals surface area (Å²) >= 11 is 0. The fourth-order valence-corrected chi connectivity index (χ4v) is 1.09. The maximum absolute atomic E-state index is 9.48. The standard InChI is InChI=1S/C10H18N2O3/c1-5-7(13)9-11-8(15-12-9)6-10(2,3)14-4/h7,13H,5-6H2,1-4H3. The normalized spacial score (nSPS) is 14.2. The first-order chi connectivity index (χ1) is 6.98. The van der Waals surface area contributed by atoms with Gasteiger partial charge in [0.25, 0.3) is 0 Å². The minimum atomic E-state index is -0.645. The summed E-state index contributed by atoms with van der Waals surface area (Å²) in [5.74, 6) is 0.837. The van der Waals surface area contributed by atoms with Crippen molar-refractivity contribution in [2.45, 2.75) is 45.3 Å². The molecule has 0 saturated heterocycles. The van der Waals surface area contributed by atoms with Crippen LogP contribution in [0.25, 0.3) is 0 Å². The number of aliphatic hydroxyl groups excluding tert-OH is 1. The smallest absolute Gasteiger partial charge is 0.229 e. The van der Waals surface area contributed by atoms with Crippen LogP contribution in [-0.4, -0.2) is 28.0 Å². The summed E-state index contributed by atoms with van der Waals surface area (Å²) in [6.45, 7) is 5.74. The minimum Gasteiger partial charge on any atom is -0.385 e. The van der Waals surface area contributed by atoms with Crippen molar-refractivity contribution in [3.8, 4) is 0 Å². The molecule has 1 heterocycles. The van der Waals surface area contributed by atoms with Crippen LogP contribution < -0.4 is 0 Å². The number of aromatic nitrogens is 2. The van der Waals surface area contributed by atoms with Crippen LogP contribution in [0, 0.1) is 0 Å². The second kappa shape index (κ2) is 4.72. The van der Waals surface area contributed by atoms with E-state index in [1.165, 1.54) is 0 Å². The number of aliphatic hydroxyl groups is 1. The zero-order valence-electron chi connectivity index (χ0n) is 9.65. The van der Waals surface area contributed by atoms with Gasteiger partial charge in [0.05, 0.1) is 12.0 Å². The molecular weight excluding hydrogens is 196 g/mol. The Balaban J connectivity index is 2.68. The van der Waals surface area contributed by atoms with Crippen LogP contribution in [-0.2, 0) is 11.2 Å². The molecule has 0 aromatic carbocycles. The third-order valence-electron chi connectivity index (χ3n) is 2.30. The Kier molecular flexibility index (Phi) is 3.82. The lowest BCUT2D eigenvalue weighted by atomic mass is 10.1. The predicted octanol–water partition coefficient (Wildman–Crippen LogP) is 1.48. The molecule has 0 radical (unpaired) electrons. The summed E-state index contributed by atoms with van der Waals surface area (Å²) in [5, 5.41) is 13.2. The Labute approximate surface area is 89.4 Å². The average Bonchev–Trinajstić information content (AvgIpc) is 2.64. The van der Waals surface area contributed by atoms with E-state index in [-0.39, 0.29) is 5.60 Å². The van der Waals surface area contributed by atoms with Crippen molar-refractivity contribution < 1.29 is 14.4 Å². The van der Waals surface area contributed by atoms with Crippen molar-refractivity contribution in [3.63, 3.8) is 0 Å². The van der Waals surface area contributed by atoms with E-state index in [9.17, 15) is 5.11 Å². The highest BCUT2D eigenvalue weighted by molar-refractivity contribution is 4.93. The van der Waals surface area contributed by atoms with Gasteiger partial charge in [-0.05, 0) is 20.3 Å². The molecule has 1 unspecified atom stereocenters. The summed E-state index contributed by atoms with van der Waals surface area (Å²) in [4.78, 5) is 4.11. The Bertz CT molecular complexity index is 309. The first kappa shape index (κ1) is 12.1. The van der Waals surface area contributed by atoms with Gasteiger partial charge in [-0.1, -0.05) is 12.1 Å². The number of ether oxygens (including phenoxy) is 1. The minimum absolute atomic E-state index is 0.332. The predicted molar refractivity (Wildman–Crippen MR) is 54.3 cm³/mol. The van der Waals surface area contributed by atoms with Crippen LogP contribution >= 0.6 is 0 Å². The molecule has 5 heteroatoms. The van der Waals surface area contributed by atoms with Crippen LogP contribution in [0.1, 0.15) is 45.0 Å². The molecule has 1 aromatic heterocycles. The van der Waals surface area contributed by atoms with Crippen molar-refractivity contribution in [1.29, 1.82) is 0 Å². The zero-order valence-corrected chi connectivity index (χ0v) is 9.65. The average molecular weight is 214 g/mol. The molecule has 0 saturated carbocycles. The van der Waals surface area contributed by atoms with Crippen LogP contribution in [0.3, 0.4) is 0 Å². The lowest BCUT2D eigenvalue weighted by Crippen LogP contribution is -2.25. The van der Waals surface area contributed by atoms with Crippen LogP contribution in [0.2, 0.25) is 0 Å². The SMILES string of the molecule is CCC(O)c1noc(CC(C)(C)OC)n1. The van der Waals surface area contributed by atoms with Crippen LogP contribution in [0.4, 0.5) is 0 Å². The largest absolute Gasteiger partial charge is 0.385 e. The second-order valence-corrected chi connectivity index (χ2v) is 4.11. The Morgan fingerprint density at radius 2 is 2.20 bits per heavy atom. The van der Waals surface area contributed by atoms with Crippen molar-refractivity contribution >= 4 is 0 Å². The molecule has 86 valence electrons. The highest BCUT2D eigenvalue weighted by Gasteiger charge is 2.22. The summed E-state index contributed by atoms with van der Waals surface area (Å²) in [6.07, 6.45) is 0.465. The molecule has 1 atom stereocenters. The van der Waals surface area contributed by atoms with Crippen molar-refractivity contribution in [2.24, 2.45) is 0 Å². The lowest BCUT2D eigenvalue weighted by Gasteiger charge is -2.19. The van der Waals surface area contributed by atoms with Gasteiger partial charge in [-0.25, -0.2) is 0 Å². The Morgan fingerprint density at radius 1 is 1.53 bits per heavy atom. The van der Waals surface area contributed by atoms with Gasteiger partial charge in [0.1, 0.15) is 6.10 Å². The summed E-state index contributed by atoms with van der Waals surface area (Å²) in [7, 11) is 1.64. The first-order valence-corrected chi connectivity index (χ1v) is 5.04.